The van der Waals surface area contributed by atoms with Crippen molar-refractivity contribution in [1.82, 2.24) is 24.8 Å². The Morgan fingerprint density at radius 1 is 1.02 bits per heavy atom. The number of benzene rings is 1. The van der Waals surface area contributed by atoms with Gasteiger partial charge in [-0.25, -0.2) is 28.6 Å². The van der Waals surface area contributed by atoms with E-state index in [1.54, 1.807) is 0 Å². The quantitative estimate of drug-likeness (QED) is 0.123. The summed E-state index contributed by atoms with van der Waals surface area (Å²) in [5, 5.41) is 13.8. The summed E-state index contributed by atoms with van der Waals surface area (Å²) in [5.41, 5.74) is 6.11. The number of nitrogens with zero attached hydrogens (tertiary/aromatic N) is 4. The van der Waals surface area contributed by atoms with Gasteiger partial charge in [0.2, 0.25) is 0 Å². The molecule has 21 nitrogen and oxygen atoms in total. The van der Waals surface area contributed by atoms with E-state index in [0.717, 1.165) is 6.33 Å². The van der Waals surface area contributed by atoms with Gasteiger partial charge in [0.15, 0.2) is 17.7 Å². The van der Waals surface area contributed by atoms with Gasteiger partial charge >= 0.3 is 23.5 Å². The molecule has 1 aliphatic rings. The van der Waals surface area contributed by atoms with E-state index in [0.29, 0.717) is 0 Å². The van der Waals surface area contributed by atoms with Gasteiger partial charge in [-0.3, -0.25) is 13.9 Å². The molecule has 1 saturated heterocycles. The fourth-order valence-electron chi connectivity index (χ4n) is 3.99. The van der Waals surface area contributed by atoms with Crippen LogP contribution in [-0.4, -0.2) is 89.2 Å². The van der Waals surface area contributed by atoms with Gasteiger partial charge in [0, 0.05) is 11.6 Å². The number of phosphoric ester groups is 1. The molecule has 236 valence electrons. The second-order valence-corrected chi connectivity index (χ2v) is 13.0. The first-order valence-corrected chi connectivity index (χ1v) is 16.1. The minimum absolute atomic E-state index is 0.0114. The summed E-state index contributed by atoms with van der Waals surface area (Å²) in [4.78, 5) is 61.9. The molecule has 4 rings (SSSR count). The summed E-state index contributed by atoms with van der Waals surface area (Å²) >= 11 is 0. The number of nitrogen functional groups attached to an aromatic ring is 1. The lowest BCUT2D eigenvalue weighted by atomic mass is 10.1. The average Bonchev–Trinajstić information content (AvgIpc) is 3.46. The van der Waals surface area contributed by atoms with Crippen LogP contribution in [0.4, 0.5) is 5.82 Å². The third-order valence-corrected chi connectivity index (χ3v) is 9.57. The molecule has 0 radical (unpaired) electrons. The zero-order valence-corrected chi connectivity index (χ0v) is 24.6. The highest BCUT2D eigenvalue weighted by Gasteiger charge is 2.48. The number of aliphatic hydroxyl groups is 1. The first-order chi connectivity index (χ1) is 20.0. The van der Waals surface area contributed by atoms with Crippen LogP contribution in [-0.2, 0) is 31.6 Å². The lowest BCUT2D eigenvalue weighted by molar-refractivity contribution is -0.0483. The highest BCUT2D eigenvalue weighted by Crippen LogP contribution is 2.66. The molecule has 0 bridgehead atoms. The molecule has 43 heavy (non-hydrogen) atoms. The van der Waals surface area contributed by atoms with Crippen molar-refractivity contribution in [1.29, 1.82) is 0 Å². The third kappa shape index (κ3) is 7.93. The molecule has 8 N–H and O–H groups in total. The van der Waals surface area contributed by atoms with E-state index in [2.05, 4.69) is 28.9 Å². The number of methoxy groups -OCH3 is 2. The smallest absolute Gasteiger partial charge is 0.490 e. The number of aliphatic hydroxyl groups excluding tert-OH is 1. The van der Waals surface area contributed by atoms with E-state index in [4.69, 9.17) is 34.3 Å². The van der Waals surface area contributed by atoms with Gasteiger partial charge in [-0.2, -0.15) is 8.62 Å². The Balaban J connectivity index is 1.61. The summed E-state index contributed by atoms with van der Waals surface area (Å²) in [6.07, 6.45) is -2.11. The number of carbonyl (C=O) groups excluding carboxylic acids is 1. The number of rotatable bonds is 12. The van der Waals surface area contributed by atoms with Gasteiger partial charge in [-0.1, -0.05) is 0 Å². The number of nitrogens with two attached hydrogens (primary N) is 1. The molecule has 1 aliphatic heterocycles. The molecule has 3 unspecified atom stereocenters. The van der Waals surface area contributed by atoms with Crippen molar-refractivity contribution in [2.75, 3.05) is 26.6 Å². The lowest BCUT2D eigenvalue weighted by Gasteiger charge is -2.23. The number of phosphoric acid groups is 3. The Kier molecular flexibility index (Phi) is 9.58. The van der Waals surface area contributed by atoms with Crippen LogP contribution in [0.2, 0.25) is 0 Å². The molecule has 1 fully saturated rings. The van der Waals surface area contributed by atoms with Crippen LogP contribution in [0.15, 0.2) is 30.9 Å². The van der Waals surface area contributed by atoms with Gasteiger partial charge < -0.3 is 49.9 Å². The third-order valence-electron chi connectivity index (χ3n) is 5.77. The molecule has 0 aliphatic carbocycles. The molecule has 1 aromatic carbocycles. The van der Waals surface area contributed by atoms with Crippen LogP contribution in [0.5, 0.6) is 11.5 Å². The second-order valence-electron chi connectivity index (χ2n) is 8.63. The van der Waals surface area contributed by atoms with Crippen molar-refractivity contribution in [3.63, 3.8) is 0 Å². The van der Waals surface area contributed by atoms with Crippen LogP contribution >= 0.6 is 23.5 Å². The molecule has 24 heteroatoms. The summed E-state index contributed by atoms with van der Waals surface area (Å²) in [7, 11) is -14.3. The van der Waals surface area contributed by atoms with Crippen molar-refractivity contribution < 1.29 is 70.5 Å². The highest BCUT2D eigenvalue weighted by molar-refractivity contribution is 7.66. The van der Waals surface area contributed by atoms with E-state index >= 15 is 0 Å². The minimum atomic E-state index is -5.81. The van der Waals surface area contributed by atoms with Gasteiger partial charge in [-0.05, 0) is 12.1 Å². The van der Waals surface area contributed by atoms with Crippen LogP contribution in [0.1, 0.15) is 16.6 Å². The maximum atomic E-state index is 13.2. The largest absolute Gasteiger partial charge is 0.497 e. The molecule has 3 aromatic rings. The Bertz CT molecular complexity index is 1630. The highest BCUT2D eigenvalue weighted by atomic mass is 31.3. The molecule has 0 spiro atoms. The summed E-state index contributed by atoms with van der Waals surface area (Å²) < 4.78 is 64.4. The Morgan fingerprint density at radius 3 is 2.28 bits per heavy atom. The summed E-state index contributed by atoms with van der Waals surface area (Å²) in [6, 6.07) is 2.82. The second kappa shape index (κ2) is 12.5. The van der Waals surface area contributed by atoms with Gasteiger partial charge in [0.25, 0.3) is 5.91 Å². The summed E-state index contributed by atoms with van der Waals surface area (Å²) in [6.45, 7) is -0.993. The van der Waals surface area contributed by atoms with Crippen LogP contribution in [0, 0.1) is 0 Å². The maximum absolute atomic E-state index is 13.2. The fourth-order valence-corrected chi connectivity index (χ4v) is 7.02. The predicted molar refractivity (Wildman–Crippen MR) is 140 cm³/mol. The van der Waals surface area contributed by atoms with E-state index < -0.39 is 60.5 Å². The fraction of sp³-hybridized carbons (Fsp3) is 0.368. The number of nitrogens with one attached hydrogen (secondary N) is 1. The molecule has 2 aromatic heterocycles. The Morgan fingerprint density at radius 2 is 1.67 bits per heavy atom. The number of hydrogen-bond donors (Lipinski definition) is 7. The van der Waals surface area contributed by atoms with Crippen LogP contribution < -0.4 is 20.5 Å². The minimum Gasteiger partial charge on any atom is -0.497 e. The van der Waals surface area contributed by atoms with E-state index in [9.17, 15) is 33.4 Å². The lowest BCUT2D eigenvalue weighted by Crippen LogP contribution is -2.48. The molecule has 0 saturated carbocycles. The van der Waals surface area contributed by atoms with Crippen molar-refractivity contribution in [2.45, 2.75) is 24.5 Å². The number of carbonyl (C=O) groups is 1. The predicted octanol–water partition coefficient (Wildman–Crippen LogP) is -0.174. The number of amides is 1. The first kappa shape index (κ1) is 32.9. The zero-order valence-electron chi connectivity index (χ0n) is 21.9. The monoisotopic (exact) mass is 670 g/mol. The van der Waals surface area contributed by atoms with Crippen molar-refractivity contribution in [2.24, 2.45) is 0 Å². The number of anilines is 1. The van der Waals surface area contributed by atoms with E-state index in [1.165, 1.54) is 43.3 Å². The topological polar surface area (TPSA) is 306 Å². The number of imidazole rings is 1. The Labute approximate surface area is 241 Å². The van der Waals surface area contributed by atoms with Crippen LogP contribution in [0.3, 0.4) is 0 Å². The average molecular weight is 670 g/mol. The number of aromatic nitrogens is 4. The van der Waals surface area contributed by atoms with Crippen molar-refractivity contribution in [3.05, 3.63) is 36.4 Å². The standard InChI is InChI=1S/C19H25N6O15P3/c1-35-10-3-9(4-11(5-10)36-2)18(27)24-13-12(6-37-42(31,32)40-43(33,34)39-41(28,29)30)38-19(15(13)26)25-8-23-14-16(20)21-7-22-17(14)25/h3-5,7-8,12-13,15,19,26H,6H2,1-2H3,(H,24,27)(H,31,32)(H,33,34)(H2,20,21,22)(H2,28,29,30)/t12-,13+,15?,19-/m1/s1. The molecular formula is C19H25N6O15P3. The van der Waals surface area contributed by atoms with Gasteiger partial charge in [-0.15, -0.1) is 0 Å². The van der Waals surface area contributed by atoms with Crippen molar-refractivity contribution in [3.8, 4) is 11.5 Å². The van der Waals surface area contributed by atoms with Crippen molar-refractivity contribution >= 4 is 46.4 Å². The number of hydrogen-bond acceptors (Lipinski definition) is 15. The normalized spacial score (nSPS) is 23.4. The first-order valence-electron chi connectivity index (χ1n) is 11.6. The maximum Gasteiger partial charge on any atom is 0.490 e. The Hall–Kier alpha value is -3.03. The van der Waals surface area contributed by atoms with Gasteiger partial charge in [0.1, 0.15) is 35.6 Å². The van der Waals surface area contributed by atoms with E-state index in [-0.39, 0.29) is 34.0 Å². The van der Waals surface area contributed by atoms with Gasteiger partial charge in [0.05, 0.1) is 33.2 Å². The number of ether oxygens (including phenoxy) is 3. The molecule has 3 heterocycles. The summed E-state index contributed by atoms with van der Waals surface area (Å²) in [5.74, 6) is -0.248. The van der Waals surface area contributed by atoms with E-state index in [1.807, 2.05) is 0 Å². The molecule has 1 amide bonds. The molecular weight excluding hydrogens is 645 g/mol. The SMILES string of the molecule is COc1cc(OC)cc(C(=O)N[C@@H]2C(O)[C@H](n3cnc4c(N)ncnc43)O[C@@H]2COP(=O)(O)OP(=O)(O)OP(=O)(O)O)c1. The number of fused-ring (bicyclic) bond motifs is 1. The van der Waals surface area contributed by atoms with Crippen LogP contribution in [0.25, 0.3) is 11.2 Å². The zero-order chi connectivity index (χ0) is 31.7. The molecule has 6 atom stereocenters.